The Labute approximate surface area is 112 Å². The number of carbonyl (C=O) groups excluding carboxylic acids is 1. The molecule has 0 aliphatic rings. The molecule has 8 heteroatoms. The maximum Gasteiger partial charge on any atom is 0.333 e. The molecular weight excluding hydrogens is 263 g/mol. The van der Waals surface area contributed by atoms with Crippen molar-refractivity contribution in [3.63, 3.8) is 0 Å². The number of anilines is 2. The summed E-state index contributed by atoms with van der Waals surface area (Å²) in [5, 5.41) is 2.43. The summed E-state index contributed by atoms with van der Waals surface area (Å²) in [6.07, 6.45) is 2.48. The van der Waals surface area contributed by atoms with E-state index in [0.29, 0.717) is 5.52 Å². The SMILES string of the molecule is Nc1ncnc2c1ncn2C(=O)Nc1ccccc1F. The normalized spacial score (nSPS) is 10.7. The molecule has 2 heterocycles. The van der Waals surface area contributed by atoms with Gasteiger partial charge in [-0.15, -0.1) is 0 Å². The summed E-state index contributed by atoms with van der Waals surface area (Å²) in [5.41, 5.74) is 6.27. The smallest absolute Gasteiger partial charge is 0.333 e. The van der Waals surface area contributed by atoms with Crippen LogP contribution >= 0.6 is 0 Å². The van der Waals surface area contributed by atoms with E-state index in [-0.39, 0.29) is 17.2 Å². The zero-order valence-corrected chi connectivity index (χ0v) is 10.1. The lowest BCUT2D eigenvalue weighted by Crippen LogP contribution is -2.19. The highest BCUT2D eigenvalue weighted by atomic mass is 19.1. The summed E-state index contributed by atoms with van der Waals surface area (Å²) >= 11 is 0. The number of nitrogens with one attached hydrogen (secondary N) is 1. The molecule has 0 aliphatic heterocycles. The van der Waals surface area contributed by atoms with Crippen molar-refractivity contribution in [2.24, 2.45) is 0 Å². The van der Waals surface area contributed by atoms with E-state index < -0.39 is 11.8 Å². The molecule has 0 unspecified atom stereocenters. The minimum absolute atomic E-state index is 0.0707. The van der Waals surface area contributed by atoms with Gasteiger partial charge in [-0.05, 0) is 12.1 Å². The Morgan fingerprint density at radius 3 is 2.85 bits per heavy atom. The molecule has 0 fully saturated rings. The van der Waals surface area contributed by atoms with Gasteiger partial charge in [0.2, 0.25) is 0 Å². The molecule has 3 rings (SSSR count). The van der Waals surface area contributed by atoms with Gasteiger partial charge in [-0.3, -0.25) is 0 Å². The molecule has 0 atom stereocenters. The van der Waals surface area contributed by atoms with Crippen molar-refractivity contribution in [3.8, 4) is 0 Å². The van der Waals surface area contributed by atoms with Crippen molar-refractivity contribution in [3.05, 3.63) is 42.7 Å². The number of rotatable bonds is 1. The van der Waals surface area contributed by atoms with Gasteiger partial charge in [-0.2, -0.15) is 0 Å². The third kappa shape index (κ3) is 1.92. The molecule has 3 aromatic rings. The number of para-hydroxylation sites is 1. The molecule has 0 aliphatic carbocycles. The predicted octanol–water partition coefficient (Wildman–Crippen LogP) is 1.63. The number of carbonyl (C=O) groups is 1. The lowest BCUT2D eigenvalue weighted by atomic mass is 10.3. The Morgan fingerprint density at radius 1 is 1.25 bits per heavy atom. The summed E-state index contributed by atoms with van der Waals surface area (Å²) in [4.78, 5) is 23.8. The van der Waals surface area contributed by atoms with E-state index in [1.54, 1.807) is 6.07 Å². The highest BCUT2D eigenvalue weighted by Gasteiger charge is 2.14. The van der Waals surface area contributed by atoms with Crippen LogP contribution in [0.1, 0.15) is 0 Å². The Hall–Kier alpha value is -3.03. The summed E-state index contributed by atoms with van der Waals surface area (Å²) in [6, 6.07) is 5.27. The van der Waals surface area contributed by atoms with Crippen molar-refractivity contribution >= 4 is 28.7 Å². The number of nitrogens with zero attached hydrogens (tertiary/aromatic N) is 4. The molecule has 3 N–H and O–H groups in total. The second-order valence-electron chi connectivity index (χ2n) is 3.96. The van der Waals surface area contributed by atoms with Crippen molar-refractivity contribution < 1.29 is 9.18 Å². The van der Waals surface area contributed by atoms with Crippen molar-refractivity contribution in [1.82, 2.24) is 19.5 Å². The maximum atomic E-state index is 13.5. The standard InChI is InChI=1S/C12H9FN6O/c13-7-3-1-2-4-8(7)18-12(20)19-6-17-9-10(14)15-5-16-11(9)19/h1-6H,(H,18,20)(H2,14,15,16). The fourth-order valence-corrected chi connectivity index (χ4v) is 1.74. The molecule has 100 valence electrons. The van der Waals surface area contributed by atoms with E-state index in [9.17, 15) is 9.18 Å². The zero-order valence-electron chi connectivity index (χ0n) is 10.1. The third-order valence-corrected chi connectivity index (χ3v) is 2.70. The molecule has 1 aromatic carbocycles. The Morgan fingerprint density at radius 2 is 2.05 bits per heavy atom. The van der Waals surface area contributed by atoms with Crippen LogP contribution in [0.2, 0.25) is 0 Å². The number of aromatic nitrogens is 4. The van der Waals surface area contributed by atoms with Crippen LogP contribution in [0, 0.1) is 5.82 Å². The topological polar surface area (TPSA) is 98.7 Å². The zero-order chi connectivity index (χ0) is 14.1. The van der Waals surface area contributed by atoms with Gasteiger partial charge in [0.15, 0.2) is 17.0 Å². The molecule has 7 nitrogen and oxygen atoms in total. The van der Waals surface area contributed by atoms with E-state index in [4.69, 9.17) is 5.73 Å². The van der Waals surface area contributed by atoms with Crippen LogP contribution in [0.3, 0.4) is 0 Å². The summed E-state index contributed by atoms with van der Waals surface area (Å²) in [5.74, 6) is -0.355. The Kier molecular flexibility index (Phi) is 2.75. The van der Waals surface area contributed by atoms with Crippen LogP contribution in [0.15, 0.2) is 36.9 Å². The number of amides is 1. The quantitative estimate of drug-likeness (QED) is 0.701. The van der Waals surface area contributed by atoms with Crippen LogP contribution < -0.4 is 11.1 Å². The van der Waals surface area contributed by atoms with Gasteiger partial charge in [0.25, 0.3) is 0 Å². The fourth-order valence-electron chi connectivity index (χ4n) is 1.74. The fraction of sp³-hybridized carbons (Fsp3) is 0. The number of fused-ring (bicyclic) bond motifs is 1. The van der Waals surface area contributed by atoms with Gasteiger partial charge >= 0.3 is 6.03 Å². The van der Waals surface area contributed by atoms with Gasteiger partial charge in [0, 0.05) is 0 Å². The minimum Gasteiger partial charge on any atom is -0.382 e. The van der Waals surface area contributed by atoms with Crippen LogP contribution in [0.4, 0.5) is 20.7 Å². The number of nitrogens with two attached hydrogens (primary N) is 1. The van der Waals surface area contributed by atoms with Gasteiger partial charge in [0.1, 0.15) is 18.5 Å². The van der Waals surface area contributed by atoms with Crippen LogP contribution in [0.25, 0.3) is 11.2 Å². The van der Waals surface area contributed by atoms with Gasteiger partial charge in [-0.1, -0.05) is 12.1 Å². The van der Waals surface area contributed by atoms with E-state index in [0.717, 1.165) is 4.57 Å². The molecule has 1 amide bonds. The van der Waals surface area contributed by atoms with E-state index in [1.807, 2.05) is 0 Å². The second kappa shape index (κ2) is 4.57. The lowest BCUT2D eigenvalue weighted by molar-refractivity contribution is 0.254. The van der Waals surface area contributed by atoms with E-state index in [2.05, 4.69) is 20.3 Å². The monoisotopic (exact) mass is 272 g/mol. The highest BCUT2D eigenvalue weighted by molar-refractivity contribution is 5.97. The number of imidazole rings is 1. The highest BCUT2D eigenvalue weighted by Crippen LogP contribution is 2.16. The molecular formula is C12H9FN6O. The van der Waals surface area contributed by atoms with Crippen LogP contribution in [0.5, 0.6) is 0 Å². The molecule has 20 heavy (non-hydrogen) atoms. The second-order valence-corrected chi connectivity index (χ2v) is 3.96. The molecule has 2 aromatic heterocycles. The molecule has 0 radical (unpaired) electrons. The Balaban J connectivity index is 1.98. The summed E-state index contributed by atoms with van der Waals surface area (Å²) < 4.78 is 14.6. The minimum atomic E-state index is -0.587. The number of hydrogen-bond acceptors (Lipinski definition) is 5. The molecule has 0 saturated carbocycles. The van der Waals surface area contributed by atoms with Crippen molar-refractivity contribution in [2.75, 3.05) is 11.1 Å². The maximum absolute atomic E-state index is 13.5. The summed E-state index contributed by atoms with van der Waals surface area (Å²) in [6.45, 7) is 0. The summed E-state index contributed by atoms with van der Waals surface area (Å²) in [7, 11) is 0. The molecule has 0 saturated heterocycles. The predicted molar refractivity (Wildman–Crippen MR) is 70.6 cm³/mol. The first-order valence-corrected chi connectivity index (χ1v) is 5.66. The molecule has 0 bridgehead atoms. The first kappa shape index (κ1) is 12.0. The average Bonchev–Trinajstić information content (AvgIpc) is 2.87. The lowest BCUT2D eigenvalue weighted by Gasteiger charge is -2.06. The number of halogens is 1. The molecule has 0 spiro atoms. The first-order valence-electron chi connectivity index (χ1n) is 5.66. The first-order chi connectivity index (χ1) is 9.66. The van der Waals surface area contributed by atoms with Gasteiger partial charge < -0.3 is 11.1 Å². The third-order valence-electron chi connectivity index (χ3n) is 2.70. The van der Waals surface area contributed by atoms with E-state index >= 15 is 0 Å². The Bertz CT molecular complexity index is 799. The largest absolute Gasteiger partial charge is 0.382 e. The number of nitrogen functional groups attached to an aromatic ring is 1. The van der Waals surface area contributed by atoms with E-state index in [1.165, 1.54) is 30.9 Å². The van der Waals surface area contributed by atoms with Gasteiger partial charge in [0.05, 0.1) is 5.69 Å². The van der Waals surface area contributed by atoms with Crippen molar-refractivity contribution in [2.45, 2.75) is 0 Å². The average molecular weight is 272 g/mol. The van der Waals surface area contributed by atoms with Gasteiger partial charge in [-0.25, -0.2) is 28.7 Å². The number of hydrogen-bond donors (Lipinski definition) is 2. The van der Waals surface area contributed by atoms with Crippen molar-refractivity contribution in [1.29, 1.82) is 0 Å². The van der Waals surface area contributed by atoms with Crippen LogP contribution in [-0.4, -0.2) is 25.6 Å². The van der Waals surface area contributed by atoms with Crippen LogP contribution in [-0.2, 0) is 0 Å². The number of benzene rings is 1.